The first kappa shape index (κ1) is 17.6. The zero-order valence-corrected chi connectivity index (χ0v) is 16.5. The molecule has 4 rings (SSSR count). The second kappa shape index (κ2) is 6.12. The summed E-state index contributed by atoms with van der Waals surface area (Å²) in [6.07, 6.45) is 3.77. The SMILES string of the molecule is Cn1c(=O)n(CC(C)(C)C)c2ccc(N3CCCC4(CCNC4)C3)nc21. The first-order valence-electron chi connectivity index (χ1n) is 9.80. The van der Waals surface area contributed by atoms with Crippen LogP contribution in [0.2, 0.25) is 0 Å². The van der Waals surface area contributed by atoms with Gasteiger partial charge >= 0.3 is 5.69 Å². The minimum absolute atomic E-state index is 0.0229. The van der Waals surface area contributed by atoms with Crippen molar-refractivity contribution in [1.29, 1.82) is 0 Å². The number of imidazole rings is 1. The first-order chi connectivity index (χ1) is 12.3. The molecule has 2 aliphatic rings. The Morgan fingerprint density at radius 2 is 2.08 bits per heavy atom. The maximum absolute atomic E-state index is 12.7. The van der Waals surface area contributed by atoms with Gasteiger partial charge in [0.1, 0.15) is 5.82 Å². The predicted octanol–water partition coefficient (Wildman–Crippen LogP) is 2.36. The van der Waals surface area contributed by atoms with Crippen molar-refractivity contribution >= 4 is 17.0 Å². The molecule has 4 heterocycles. The Morgan fingerprint density at radius 3 is 2.77 bits per heavy atom. The molecule has 1 N–H and O–H groups in total. The van der Waals surface area contributed by atoms with Crippen LogP contribution >= 0.6 is 0 Å². The number of pyridine rings is 1. The van der Waals surface area contributed by atoms with E-state index in [4.69, 9.17) is 4.98 Å². The van der Waals surface area contributed by atoms with Crippen LogP contribution in [0.3, 0.4) is 0 Å². The van der Waals surface area contributed by atoms with Crippen molar-refractivity contribution in [3.05, 3.63) is 22.6 Å². The van der Waals surface area contributed by atoms with E-state index in [1.807, 2.05) is 11.6 Å². The second-order valence-corrected chi connectivity index (χ2v) is 9.45. The van der Waals surface area contributed by atoms with Crippen LogP contribution in [-0.4, -0.2) is 40.3 Å². The maximum atomic E-state index is 12.7. The number of hydrogen-bond donors (Lipinski definition) is 1. The summed E-state index contributed by atoms with van der Waals surface area (Å²) >= 11 is 0. The highest BCUT2D eigenvalue weighted by atomic mass is 16.1. The van der Waals surface area contributed by atoms with Crippen molar-refractivity contribution in [3.63, 3.8) is 0 Å². The molecule has 0 saturated carbocycles. The minimum Gasteiger partial charge on any atom is -0.356 e. The molecule has 2 saturated heterocycles. The van der Waals surface area contributed by atoms with Crippen LogP contribution in [0.15, 0.2) is 16.9 Å². The lowest BCUT2D eigenvalue weighted by atomic mass is 9.79. The summed E-state index contributed by atoms with van der Waals surface area (Å²) in [6, 6.07) is 4.18. The van der Waals surface area contributed by atoms with Crippen molar-refractivity contribution in [2.45, 2.75) is 46.6 Å². The molecule has 0 aromatic carbocycles. The fourth-order valence-corrected chi connectivity index (χ4v) is 4.61. The van der Waals surface area contributed by atoms with Crippen LogP contribution in [0.25, 0.3) is 11.2 Å². The lowest BCUT2D eigenvalue weighted by molar-refractivity contribution is 0.260. The molecule has 1 spiro atoms. The summed E-state index contributed by atoms with van der Waals surface area (Å²) in [7, 11) is 1.83. The number of aryl methyl sites for hydroxylation is 1. The van der Waals surface area contributed by atoms with Gasteiger partial charge in [-0.05, 0) is 43.4 Å². The maximum Gasteiger partial charge on any atom is 0.330 e. The van der Waals surface area contributed by atoms with E-state index in [0.717, 1.165) is 43.2 Å². The molecular weight excluding hydrogens is 326 g/mol. The van der Waals surface area contributed by atoms with Crippen LogP contribution in [0.4, 0.5) is 5.82 Å². The van der Waals surface area contributed by atoms with Crippen molar-refractivity contribution < 1.29 is 0 Å². The van der Waals surface area contributed by atoms with Crippen LogP contribution < -0.4 is 15.9 Å². The fraction of sp³-hybridized carbons (Fsp3) is 0.700. The van der Waals surface area contributed by atoms with E-state index >= 15 is 0 Å². The van der Waals surface area contributed by atoms with Gasteiger partial charge in [-0.3, -0.25) is 9.13 Å². The van der Waals surface area contributed by atoms with Gasteiger partial charge in [0.15, 0.2) is 5.65 Å². The van der Waals surface area contributed by atoms with Crippen LogP contribution in [0.1, 0.15) is 40.0 Å². The third kappa shape index (κ3) is 3.04. The Balaban J connectivity index is 1.70. The molecular formula is C20H31N5O. The molecule has 1 unspecified atom stereocenters. The van der Waals surface area contributed by atoms with Gasteiger partial charge in [0.25, 0.3) is 0 Å². The summed E-state index contributed by atoms with van der Waals surface area (Å²) in [4.78, 5) is 20.1. The van der Waals surface area contributed by atoms with Crippen LogP contribution in [0.5, 0.6) is 0 Å². The topological polar surface area (TPSA) is 55.1 Å². The molecule has 2 aromatic rings. The standard InChI is InChI=1S/C20H31N5O/c1-19(2,3)13-25-15-6-7-16(22-17(15)23(4)18(25)26)24-11-5-8-20(14-24)9-10-21-12-20/h6-7,21H,5,8-14H2,1-4H3. The molecule has 142 valence electrons. The molecule has 6 heteroatoms. The van der Waals surface area contributed by atoms with Gasteiger partial charge in [0.05, 0.1) is 5.52 Å². The van der Waals surface area contributed by atoms with E-state index in [-0.39, 0.29) is 11.1 Å². The summed E-state index contributed by atoms with van der Waals surface area (Å²) in [6.45, 7) is 11.5. The monoisotopic (exact) mass is 357 g/mol. The molecule has 6 nitrogen and oxygen atoms in total. The predicted molar refractivity (Wildman–Crippen MR) is 106 cm³/mol. The molecule has 2 aliphatic heterocycles. The molecule has 0 bridgehead atoms. The normalized spacial score (nSPS) is 24.1. The zero-order valence-electron chi connectivity index (χ0n) is 16.5. The Kier molecular flexibility index (Phi) is 4.14. The van der Waals surface area contributed by atoms with E-state index in [9.17, 15) is 4.79 Å². The summed E-state index contributed by atoms with van der Waals surface area (Å²) in [5.41, 5.74) is 2.20. The van der Waals surface area contributed by atoms with E-state index in [0.29, 0.717) is 12.0 Å². The van der Waals surface area contributed by atoms with Gasteiger partial charge < -0.3 is 10.2 Å². The molecule has 26 heavy (non-hydrogen) atoms. The van der Waals surface area contributed by atoms with E-state index in [2.05, 4.69) is 43.1 Å². The van der Waals surface area contributed by atoms with E-state index in [1.165, 1.54) is 19.3 Å². The Morgan fingerprint density at radius 1 is 1.27 bits per heavy atom. The van der Waals surface area contributed by atoms with Gasteiger partial charge in [-0.1, -0.05) is 20.8 Å². The third-order valence-corrected chi connectivity index (χ3v) is 5.92. The quantitative estimate of drug-likeness (QED) is 0.896. The third-order valence-electron chi connectivity index (χ3n) is 5.92. The lowest BCUT2D eigenvalue weighted by Gasteiger charge is -2.40. The number of aromatic nitrogens is 3. The number of nitrogens with zero attached hydrogens (tertiary/aromatic N) is 4. The fourth-order valence-electron chi connectivity index (χ4n) is 4.61. The number of fused-ring (bicyclic) bond motifs is 1. The number of anilines is 1. The number of rotatable bonds is 2. The molecule has 1 atom stereocenters. The highest BCUT2D eigenvalue weighted by Crippen LogP contribution is 2.37. The van der Waals surface area contributed by atoms with Gasteiger partial charge in [-0.25, -0.2) is 9.78 Å². The highest BCUT2D eigenvalue weighted by Gasteiger charge is 2.38. The van der Waals surface area contributed by atoms with E-state index < -0.39 is 0 Å². The van der Waals surface area contributed by atoms with Gasteiger partial charge in [-0.15, -0.1) is 0 Å². The number of hydrogen-bond acceptors (Lipinski definition) is 4. The first-order valence-corrected chi connectivity index (χ1v) is 9.80. The number of piperidine rings is 1. The highest BCUT2D eigenvalue weighted by molar-refractivity contribution is 5.74. The Hall–Kier alpha value is -1.82. The van der Waals surface area contributed by atoms with Crippen LogP contribution in [-0.2, 0) is 13.6 Å². The van der Waals surface area contributed by atoms with Crippen molar-refractivity contribution in [2.24, 2.45) is 17.9 Å². The summed E-state index contributed by atoms with van der Waals surface area (Å²) in [5, 5.41) is 3.53. The zero-order chi connectivity index (χ0) is 18.5. The molecule has 2 aromatic heterocycles. The average Bonchev–Trinajstić information content (AvgIpc) is 3.12. The molecule has 0 aliphatic carbocycles. The van der Waals surface area contributed by atoms with Gasteiger partial charge in [0, 0.05) is 38.6 Å². The number of nitrogens with one attached hydrogen (secondary N) is 1. The second-order valence-electron chi connectivity index (χ2n) is 9.45. The van der Waals surface area contributed by atoms with E-state index in [1.54, 1.807) is 4.57 Å². The van der Waals surface area contributed by atoms with Crippen molar-refractivity contribution in [3.8, 4) is 0 Å². The largest absolute Gasteiger partial charge is 0.356 e. The smallest absolute Gasteiger partial charge is 0.330 e. The Labute approximate surface area is 155 Å². The van der Waals surface area contributed by atoms with Gasteiger partial charge in [0.2, 0.25) is 0 Å². The minimum atomic E-state index is 0.0229. The summed E-state index contributed by atoms with van der Waals surface area (Å²) < 4.78 is 3.56. The lowest BCUT2D eigenvalue weighted by Crippen LogP contribution is -2.44. The molecule has 0 amide bonds. The van der Waals surface area contributed by atoms with Crippen molar-refractivity contribution in [1.82, 2.24) is 19.4 Å². The average molecular weight is 358 g/mol. The van der Waals surface area contributed by atoms with Gasteiger partial charge in [-0.2, -0.15) is 0 Å². The summed E-state index contributed by atoms with van der Waals surface area (Å²) in [5.74, 6) is 1.01. The molecule has 2 fully saturated rings. The molecule has 0 radical (unpaired) electrons. The van der Waals surface area contributed by atoms with Crippen LogP contribution in [0, 0.1) is 10.8 Å². The van der Waals surface area contributed by atoms with Crippen molar-refractivity contribution in [2.75, 3.05) is 31.1 Å². The Bertz CT molecular complexity index is 867.